The zero-order valence-electron chi connectivity index (χ0n) is 23.9. The summed E-state index contributed by atoms with van der Waals surface area (Å²) in [5, 5.41) is 34.3. The van der Waals surface area contributed by atoms with E-state index in [1.807, 2.05) is 11.8 Å². The van der Waals surface area contributed by atoms with E-state index in [-0.39, 0.29) is 11.6 Å². The molecule has 1 fully saturated rings. The summed E-state index contributed by atoms with van der Waals surface area (Å²) >= 11 is 0. The number of rotatable bonds is 10. The molecule has 0 aliphatic carbocycles. The van der Waals surface area contributed by atoms with Gasteiger partial charge in [-0.3, -0.25) is 4.98 Å². The van der Waals surface area contributed by atoms with Crippen molar-refractivity contribution >= 4 is 34.3 Å². The number of methoxy groups -OCH3 is 1. The lowest BCUT2D eigenvalue weighted by molar-refractivity contribution is 0.0695. The zero-order valence-corrected chi connectivity index (χ0v) is 23.9. The smallest absolute Gasteiger partial charge is 0.339 e. The number of carbonyl (C=O) groups excluding carboxylic acids is 1. The lowest BCUT2D eigenvalue weighted by atomic mass is 10.0. The Morgan fingerprint density at radius 2 is 1.88 bits per heavy atom. The Labute approximate surface area is 247 Å². The van der Waals surface area contributed by atoms with Gasteiger partial charge in [0.1, 0.15) is 5.56 Å². The lowest BCUT2D eigenvalue weighted by Crippen LogP contribution is -2.50. The van der Waals surface area contributed by atoms with Crippen molar-refractivity contribution in [2.45, 2.75) is 26.3 Å². The Balaban J connectivity index is 1.38. The second-order valence-corrected chi connectivity index (χ2v) is 9.79. The van der Waals surface area contributed by atoms with Crippen LogP contribution < -0.4 is 19.7 Å². The summed E-state index contributed by atoms with van der Waals surface area (Å²) in [5.41, 5.74) is 2.83. The number of nitriles is 1. The standard InChI is InChI=1S/C29H31N9O5/c1-3-22-26(28(39)40)27(36-10-12-37(13-11-36)29(41)33-20-7-5-19(17-30)6-8-20)21-15-24(42-2)25(16-23(21)34-22)43-14-4-9-38-32-18-31-35-38/h5-8,15-16,18H,3-4,9-14H2,1-2H3,(H,33,41)(H,39,40). The van der Waals surface area contributed by atoms with Gasteiger partial charge >= 0.3 is 12.0 Å². The van der Waals surface area contributed by atoms with E-state index in [1.54, 1.807) is 41.3 Å². The average Bonchev–Trinajstić information content (AvgIpc) is 3.55. The van der Waals surface area contributed by atoms with Crippen LogP contribution in [-0.4, -0.2) is 87.1 Å². The molecule has 0 unspecified atom stereocenters. The van der Waals surface area contributed by atoms with E-state index in [2.05, 4.69) is 26.8 Å². The first-order valence-electron chi connectivity index (χ1n) is 13.8. The first kappa shape index (κ1) is 29.1. The van der Waals surface area contributed by atoms with Crippen LogP contribution in [-0.2, 0) is 13.0 Å². The minimum atomic E-state index is -1.07. The number of fused-ring (bicyclic) bond motifs is 1. The fourth-order valence-electron chi connectivity index (χ4n) is 5.03. The molecule has 5 rings (SSSR count). The van der Waals surface area contributed by atoms with Crippen LogP contribution in [0, 0.1) is 11.3 Å². The number of amides is 2. The number of anilines is 2. The van der Waals surface area contributed by atoms with Crippen LogP contribution >= 0.6 is 0 Å². The zero-order chi connectivity index (χ0) is 30.3. The highest BCUT2D eigenvalue weighted by Gasteiger charge is 2.29. The normalized spacial score (nSPS) is 13.0. The molecule has 2 aromatic heterocycles. The maximum atomic E-state index is 12.9. The molecule has 1 aliphatic heterocycles. The monoisotopic (exact) mass is 585 g/mol. The minimum Gasteiger partial charge on any atom is -0.493 e. The molecular weight excluding hydrogens is 554 g/mol. The van der Waals surface area contributed by atoms with Crippen molar-refractivity contribution in [3.8, 4) is 17.6 Å². The van der Waals surface area contributed by atoms with Gasteiger partial charge in [-0.15, -0.1) is 10.2 Å². The Kier molecular flexibility index (Phi) is 8.80. The third-order valence-corrected chi connectivity index (χ3v) is 7.17. The maximum absolute atomic E-state index is 12.9. The average molecular weight is 586 g/mol. The molecule has 2 amide bonds. The molecule has 43 heavy (non-hydrogen) atoms. The molecule has 2 aromatic carbocycles. The number of pyridine rings is 1. The molecule has 14 heteroatoms. The number of hydrogen-bond donors (Lipinski definition) is 2. The molecule has 0 bridgehead atoms. The van der Waals surface area contributed by atoms with Crippen LogP contribution in [0.15, 0.2) is 42.7 Å². The van der Waals surface area contributed by atoms with Gasteiger partial charge in [0.25, 0.3) is 0 Å². The predicted molar refractivity (Wildman–Crippen MR) is 157 cm³/mol. The van der Waals surface area contributed by atoms with E-state index in [0.717, 1.165) is 0 Å². The first-order valence-corrected chi connectivity index (χ1v) is 13.8. The number of aryl methyl sites for hydroxylation is 2. The molecular formula is C29H31N9O5. The Morgan fingerprint density at radius 3 is 2.51 bits per heavy atom. The third-order valence-electron chi connectivity index (χ3n) is 7.17. The number of carboxylic acids is 1. The fraction of sp³-hybridized carbons (Fsp3) is 0.345. The number of urea groups is 1. The van der Waals surface area contributed by atoms with E-state index in [1.165, 1.54) is 18.2 Å². The van der Waals surface area contributed by atoms with E-state index in [4.69, 9.17) is 19.7 Å². The van der Waals surface area contributed by atoms with Crippen molar-refractivity contribution in [2.24, 2.45) is 0 Å². The molecule has 0 radical (unpaired) electrons. The minimum absolute atomic E-state index is 0.140. The summed E-state index contributed by atoms with van der Waals surface area (Å²) in [4.78, 5) is 35.4. The predicted octanol–water partition coefficient (Wildman–Crippen LogP) is 3.19. The van der Waals surface area contributed by atoms with E-state index >= 15 is 0 Å². The summed E-state index contributed by atoms with van der Waals surface area (Å²) in [6, 6.07) is 12.0. The van der Waals surface area contributed by atoms with Gasteiger partial charge < -0.3 is 29.7 Å². The van der Waals surface area contributed by atoms with Gasteiger partial charge in [-0.2, -0.15) is 10.1 Å². The number of ether oxygens (including phenoxy) is 2. The lowest BCUT2D eigenvalue weighted by Gasteiger charge is -2.37. The largest absolute Gasteiger partial charge is 0.493 e. The van der Waals surface area contributed by atoms with Gasteiger partial charge in [0, 0.05) is 49.7 Å². The molecule has 0 atom stereocenters. The van der Waals surface area contributed by atoms with Gasteiger partial charge in [0.2, 0.25) is 0 Å². The number of carbonyl (C=O) groups is 2. The van der Waals surface area contributed by atoms with Gasteiger partial charge in [0.05, 0.1) is 48.8 Å². The number of tetrazole rings is 1. The number of carboxylic acid groups (broad SMARTS) is 1. The highest BCUT2D eigenvalue weighted by molar-refractivity contribution is 6.06. The number of aromatic carboxylic acids is 1. The summed E-state index contributed by atoms with van der Waals surface area (Å²) < 4.78 is 11.7. The molecule has 222 valence electrons. The van der Waals surface area contributed by atoms with Crippen molar-refractivity contribution in [3.05, 3.63) is 59.5 Å². The van der Waals surface area contributed by atoms with Gasteiger partial charge in [-0.25, -0.2) is 9.59 Å². The van der Waals surface area contributed by atoms with Crippen LogP contribution in [0.3, 0.4) is 0 Å². The van der Waals surface area contributed by atoms with Gasteiger partial charge in [-0.1, -0.05) is 6.92 Å². The number of aromatic nitrogens is 5. The number of nitrogens with one attached hydrogen (secondary N) is 1. The quantitative estimate of drug-likeness (QED) is 0.262. The summed E-state index contributed by atoms with van der Waals surface area (Å²) in [7, 11) is 1.53. The van der Waals surface area contributed by atoms with Crippen LogP contribution in [0.1, 0.15) is 35.0 Å². The molecule has 1 aliphatic rings. The number of piperazine rings is 1. The van der Waals surface area contributed by atoms with Crippen molar-refractivity contribution < 1.29 is 24.2 Å². The molecule has 0 saturated carbocycles. The Hall–Kier alpha value is -5.45. The second kappa shape index (κ2) is 13.0. The van der Waals surface area contributed by atoms with Crippen molar-refractivity contribution in [1.82, 2.24) is 30.1 Å². The van der Waals surface area contributed by atoms with Crippen molar-refractivity contribution in [3.63, 3.8) is 0 Å². The molecule has 14 nitrogen and oxygen atoms in total. The van der Waals surface area contributed by atoms with Gasteiger partial charge in [-0.05, 0) is 42.0 Å². The summed E-state index contributed by atoms with van der Waals surface area (Å²) in [6.45, 7) is 4.38. The first-order chi connectivity index (χ1) is 20.9. The van der Waals surface area contributed by atoms with Crippen molar-refractivity contribution in [1.29, 1.82) is 5.26 Å². The van der Waals surface area contributed by atoms with Crippen LogP contribution in [0.2, 0.25) is 0 Å². The molecule has 2 N–H and O–H groups in total. The highest BCUT2D eigenvalue weighted by atomic mass is 16.5. The Bertz CT molecular complexity index is 1640. The van der Waals surface area contributed by atoms with Crippen LogP contribution in [0.4, 0.5) is 16.2 Å². The second-order valence-electron chi connectivity index (χ2n) is 9.79. The Morgan fingerprint density at radius 1 is 1.12 bits per heavy atom. The van der Waals surface area contributed by atoms with Crippen LogP contribution in [0.5, 0.6) is 11.5 Å². The van der Waals surface area contributed by atoms with E-state index in [9.17, 15) is 14.7 Å². The molecule has 0 spiro atoms. The third kappa shape index (κ3) is 6.40. The molecule has 1 saturated heterocycles. The molecule has 3 heterocycles. The van der Waals surface area contributed by atoms with E-state index in [0.29, 0.717) is 97.2 Å². The topological polar surface area (TPSA) is 172 Å². The van der Waals surface area contributed by atoms with Crippen molar-refractivity contribution in [2.75, 3.05) is 50.1 Å². The molecule has 4 aromatic rings. The highest BCUT2D eigenvalue weighted by Crippen LogP contribution is 2.39. The fourth-order valence-corrected chi connectivity index (χ4v) is 5.03. The van der Waals surface area contributed by atoms with E-state index < -0.39 is 5.97 Å². The summed E-state index contributed by atoms with van der Waals surface area (Å²) in [5.74, 6) is -0.117. The SMILES string of the molecule is CCc1nc2cc(OCCCn3ncnn3)c(OC)cc2c(N2CCN(C(=O)Nc3ccc(C#N)cc3)CC2)c1C(=O)O. The summed E-state index contributed by atoms with van der Waals surface area (Å²) in [6.07, 6.45) is 2.43. The maximum Gasteiger partial charge on any atom is 0.339 e. The number of hydrogen-bond acceptors (Lipinski definition) is 10. The van der Waals surface area contributed by atoms with Gasteiger partial charge in [0.15, 0.2) is 17.8 Å². The van der Waals surface area contributed by atoms with Crippen LogP contribution in [0.25, 0.3) is 10.9 Å². The number of nitrogens with zero attached hydrogens (tertiary/aromatic N) is 8. The number of benzene rings is 2.